The van der Waals surface area contributed by atoms with Crippen molar-refractivity contribution in [3.8, 4) is 0 Å². The van der Waals surface area contributed by atoms with Gasteiger partial charge in [-0.15, -0.1) is 0 Å². The van der Waals surface area contributed by atoms with Crippen LogP contribution in [0.1, 0.15) is 46.5 Å². The van der Waals surface area contributed by atoms with Crippen molar-refractivity contribution >= 4 is 34.2 Å². The van der Waals surface area contributed by atoms with Crippen molar-refractivity contribution in [3.63, 3.8) is 0 Å². The summed E-state index contributed by atoms with van der Waals surface area (Å²) in [5.41, 5.74) is -0.511. The fraction of sp³-hybridized carbons (Fsp3) is 0.320. The van der Waals surface area contributed by atoms with E-state index in [-0.39, 0.29) is 35.3 Å². The topological polar surface area (TPSA) is 101 Å². The van der Waals surface area contributed by atoms with Crippen LogP contribution in [-0.4, -0.2) is 47.4 Å². The van der Waals surface area contributed by atoms with E-state index in [4.69, 9.17) is 4.74 Å². The summed E-state index contributed by atoms with van der Waals surface area (Å²) < 4.78 is 37.1. The number of rotatable bonds is 7. The Morgan fingerprint density at radius 2 is 1.86 bits per heavy atom. The Morgan fingerprint density at radius 3 is 2.46 bits per heavy atom. The van der Waals surface area contributed by atoms with Crippen molar-refractivity contribution in [2.24, 2.45) is 0 Å². The predicted molar refractivity (Wildman–Crippen MR) is 125 cm³/mol. The van der Waals surface area contributed by atoms with Crippen LogP contribution in [-0.2, 0) is 4.74 Å². The van der Waals surface area contributed by atoms with E-state index >= 15 is 8.78 Å². The van der Waals surface area contributed by atoms with E-state index in [0.29, 0.717) is 18.7 Å². The lowest BCUT2D eigenvalue weighted by Gasteiger charge is -2.42. The molecule has 8 nitrogen and oxygen atoms in total. The van der Waals surface area contributed by atoms with Gasteiger partial charge in [0.25, 0.3) is 0 Å². The van der Waals surface area contributed by atoms with Crippen LogP contribution >= 0.6 is 0 Å². The summed E-state index contributed by atoms with van der Waals surface area (Å²) in [6, 6.07) is 7.49. The number of nitrogens with zero attached hydrogens (tertiary/aromatic N) is 2. The summed E-state index contributed by atoms with van der Waals surface area (Å²) in [7, 11) is 0. The molecule has 0 amide bonds. The monoisotopic (exact) mass is 483 g/mol. The van der Waals surface area contributed by atoms with Crippen molar-refractivity contribution in [2.75, 3.05) is 29.9 Å². The van der Waals surface area contributed by atoms with Gasteiger partial charge in [-0.1, -0.05) is 0 Å². The number of ether oxygens (including phenoxy) is 1. The summed E-state index contributed by atoms with van der Waals surface area (Å²) in [5, 5.41) is 12.3. The zero-order chi connectivity index (χ0) is 24.9. The highest BCUT2D eigenvalue weighted by Crippen LogP contribution is 2.40. The number of carboxylic acids is 1. The number of halogens is 2. The number of pyridine rings is 1. The number of anilines is 2. The van der Waals surface area contributed by atoms with Gasteiger partial charge in [0.1, 0.15) is 17.1 Å². The first-order chi connectivity index (χ1) is 16.8. The van der Waals surface area contributed by atoms with Gasteiger partial charge in [0.15, 0.2) is 5.82 Å². The van der Waals surface area contributed by atoms with Gasteiger partial charge in [-0.3, -0.25) is 4.79 Å². The highest BCUT2D eigenvalue weighted by molar-refractivity contribution is 5.94. The Kier molecular flexibility index (Phi) is 5.66. The second-order valence-electron chi connectivity index (χ2n) is 8.78. The molecule has 1 aliphatic heterocycles. The zero-order valence-electron chi connectivity index (χ0n) is 18.9. The van der Waals surface area contributed by atoms with Crippen LogP contribution < -0.4 is 15.6 Å². The maximum Gasteiger partial charge on any atom is 0.341 e. The number of hydrogen-bond donors (Lipinski definition) is 2. The Morgan fingerprint density at radius 1 is 1.17 bits per heavy atom. The van der Waals surface area contributed by atoms with Crippen LogP contribution in [0, 0.1) is 11.6 Å². The number of esters is 1. The summed E-state index contributed by atoms with van der Waals surface area (Å²) in [6.45, 7) is 2.66. The molecule has 5 rings (SSSR count). The maximum atomic E-state index is 15.6. The molecule has 35 heavy (non-hydrogen) atoms. The Hall–Kier alpha value is -3.95. The molecule has 1 saturated heterocycles. The van der Waals surface area contributed by atoms with Gasteiger partial charge >= 0.3 is 11.9 Å². The summed E-state index contributed by atoms with van der Waals surface area (Å²) >= 11 is 0. The van der Waals surface area contributed by atoms with Crippen LogP contribution in [0.15, 0.2) is 41.3 Å². The van der Waals surface area contributed by atoms with E-state index in [1.807, 2.05) is 0 Å². The molecule has 2 aromatic carbocycles. The van der Waals surface area contributed by atoms with E-state index in [1.165, 1.54) is 4.57 Å². The molecule has 0 unspecified atom stereocenters. The Balaban J connectivity index is 1.38. The maximum absolute atomic E-state index is 15.6. The van der Waals surface area contributed by atoms with Crippen molar-refractivity contribution in [2.45, 2.75) is 31.8 Å². The van der Waals surface area contributed by atoms with Crippen LogP contribution in [0.25, 0.3) is 10.9 Å². The first-order valence-electron chi connectivity index (χ1n) is 11.4. The minimum Gasteiger partial charge on any atom is -0.477 e. The standard InChI is InChI=1S/C25H23F2N3O5/c1-2-35-25(34)13-3-5-14(6-4-13)28-15-10-29(11-15)22-19(26)9-17-21(20(22)27)30(16-7-8-16)12-18(23(17)31)24(32)33/h3-6,9,12,15-16,28H,2,7-8,10-11H2,1H3,(H,32,33). The lowest BCUT2D eigenvalue weighted by molar-refractivity contribution is 0.0526. The second-order valence-corrected chi connectivity index (χ2v) is 8.78. The number of fused-ring (bicyclic) bond motifs is 1. The average Bonchev–Trinajstić information content (AvgIpc) is 3.63. The first-order valence-corrected chi connectivity index (χ1v) is 11.4. The largest absolute Gasteiger partial charge is 0.477 e. The second kappa shape index (κ2) is 8.68. The Labute approximate surface area is 198 Å². The van der Waals surface area contributed by atoms with E-state index in [2.05, 4.69) is 5.32 Å². The fourth-order valence-electron chi connectivity index (χ4n) is 4.42. The van der Waals surface area contributed by atoms with Crippen LogP contribution in [0.4, 0.5) is 20.2 Å². The van der Waals surface area contributed by atoms with Crippen LogP contribution in [0.2, 0.25) is 0 Å². The molecule has 1 saturated carbocycles. The molecule has 0 radical (unpaired) electrons. The van der Waals surface area contributed by atoms with Crippen LogP contribution in [0.3, 0.4) is 0 Å². The van der Waals surface area contributed by atoms with E-state index in [1.54, 1.807) is 36.1 Å². The molecule has 1 aliphatic carbocycles. The van der Waals surface area contributed by atoms with Gasteiger partial charge in [-0.25, -0.2) is 18.4 Å². The summed E-state index contributed by atoms with van der Waals surface area (Å²) in [6.07, 6.45) is 2.62. The van der Waals surface area contributed by atoms with Gasteiger partial charge in [-0.2, -0.15) is 0 Å². The minimum absolute atomic E-state index is 0.0649. The molecule has 2 heterocycles. The number of carbonyl (C=O) groups is 2. The number of nitrogens with one attached hydrogen (secondary N) is 1. The number of carbonyl (C=O) groups excluding carboxylic acids is 1. The van der Waals surface area contributed by atoms with Crippen molar-refractivity contribution in [1.29, 1.82) is 0 Å². The van der Waals surface area contributed by atoms with Gasteiger partial charge in [0.2, 0.25) is 5.43 Å². The molecule has 182 valence electrons. The first kappa shape index (κ1) is 22.8. The molecular formula is C25H23F2N3O5. The lowest BCUT2D eigenvalue weighted by atomic mass is 10.0. The highest BCUT2D eigenvalue weighted by atomic mass is 19.1. The molecule has 0 bridgehead atoms. The average molecular weight is 483 g/mol. The van der Waals surface area contributed by atoms with Crippen molar-refractivity contribution in [1.82, 2.24) is 4.57 Å². The van der Waals surface area contributed by atoms with E-state index in [9.17, 15) is 19.5 Å². The summed E-state index contributed by atoms with van der Waals surface area (Å²) in [4.78, 5) is 37.4. The molecule has 2 N–H and O–H groups in total. The normalized spacial score (nSPS) is 15.7. The fourth-order valence-corrected chi connectivity index (χ4v) is 4.42. The van der Waals surface area contributed by atoms with Gasteiger partial charge < -0.3 is 24.6 Å². The molecule has 0 spiro atoms. The zero-order valence-corrected chi connectivity index (χ0v) is 18.9. The molecule has 3 aromatic rings. The quantitative estimate of drug-likeness (QED) is 0.493. The van der Waals surface area contributed by atoms with E-state index in [0.717, 1.165) is 30.8 Å². The van der Waals surface area contributed by atoms with E-state index < -0.39 is 34.6 Å². The van der Waals surface area contributed by atoms with Gasteiger partial charge in [-0.05, 0) is 50.1 Å². The molecule has 2 aliphatic rings. The van der Waals surface area contributed by atoms with Crippen molar-refractivity contribution in [3.05, 3.63) is 69.5 Å². The molecule has 2 fully saturated rings. The van der Waals surface area contributed by atoms with Crippen LogP contribution in [0.5, 0.6) is 0 Å². The minimum atomic E-state index is -1.43. The molecule has 1 aromatic heterocycles. The number of benzene rings is 2. The number of hydrogen-bond acceptors (Lipinski definition) is 6. The summed E-state index contributed by atoms with van der Waals surface area (Å²) in [5.74, 6) is -3.60. The third-order valence-electron chi connectivity index (χ3n) is 6.32. The van der Waals surface area contributed by atoms with Gasteiger partial charge in [0, 0.05) is 31.0 Å². The highest BCUT2D eigenvalue weighted by Gasteiger charge is 2.35. The number of carboxylic acid groups (broad SMARTS) is 1. The smallest absolute Gasteiger partial charge is 0.341 e. The third kappa shape index (κ3) is 4.09. The van der Waals surface area contributed by atoms with Crippen molar-refractivity contribution < 1.29 is 28.2 Å². The lowest BCUT2D eigenvalue weighted by Crippen LogP contribution is -2.55. The molecule has 10 heteroatoms. The number of aromatic carboxylic acids is 1. The van der Waals surface area contributed by atoms with Gasteiger partial charge in [0.05, 0.1) is 29.1 Å². The SMILES string of the molecule is CCOC(=O)c1ccc(NC2CN(c3c(F)cc4c(=O)c(C(=O)O)cn(C5CC5)c4c3F)C2)cc1. The predicted octanol–water partition coefficient (Wildman–Crippen LogP) is 3.79. The molecular weight excluding hydrogens is 460 g/mol. The Bertz CT molecular complexity index is 1390. The molecule has 0 atom stereocenters. The number of aromatic nitrogens is 1. The third-order valence-corrected chi connectivity index (χ3v) is 6.32.